The van der Waals surface area contributed by atoms with Crippen LogP contribution in [0.3, 0.4) is 0 Å². The highest BCUT2D eigenvalue weighted by Gasteiger charge is 2.29. The molecule has 0 radical (unpaired) electrons. The molecule has 5 rings (SSSR count). The molecule has 4 heterocycles. The normalized spacial score (nSPS) is 16.0. The Bertz CT molecular complexity index is 1200. The van der Waals surface area contributed by atoms with Crippen molar-refractivity contribution in [3.05, 3.63) is 84.6 Å². The number of nitrogens with one attached hydrogen (secondary N) is 1. The molecule has 1 saturated heterocycles. The molecular weight excluding hydrogens is 404 g/mol. The summed E-state index contributed by atoms with van der Waals surface area (Å²) in [4.78, 5) is 28.2. The third kappa shape index (κ3) is 4.20. The zero-order valence-electron chi connectivity index (χ0n) is 17.4. The number of benzene rings is 1. The predicted molar refractivity (Wildman–Crippen MR) is 118 cm³/mol. The summed E-state index contributed by atoms with van der Waals surface area (Å²) < 4.78 is 5.84. The highest BCUT2D eigenvalue weighted by atomic mass is 16.5. The first-order chi connectivity index (χ1) is 15.8. The zero-order chi connectivity index (χ0) is 21.8. The standard InChI is InChI=1S/C24H22N6O2/c31-24(20-11-5-13-26-23(20)32-19-10-4-12-25-15-19)30-14-6-9-18(16-30)22-27-21(28-29-22)17-7-2-1-3-8-17/h1-5,7-8,10-13,15,18H,6,9,14,16H2,(H,27,28,29)/t18-/m0/s1. The van der Waals surface area contributed by atoms with E-state index in [-0.39, 0.29) is 17.7 Å². The molecule has 1 N–H and O–H groups in total. The van der Waals surface area contributed by atoms with Gasteiger partial charge in [0, 0.05) is 37.0 Å². The summed E-state index contributed by atoms with van der Waals surface area (Å²) >= 11 is 0. The number of piperidine rings is 1. The van der Waals surface area contributed by atoms with Crippen LogP contribution in [0.2, 0.25) is 0 Å². The number of carbonyl (C=O) groups is 1. The van der Waals surface area contributed by atoms with Crippen LogP contribution in [-0.2, 0) is 0 Å². The van der Waals surface area contributed by atoms with Gasteiger partial charge in [0.2, 0.25) is 5.88 Å². The number of aromatic nitrogens is 5. The summed E-state index contributed by atoms with van der Waals surface area (Å²) in [6.07, 6.45) is 6.70. The van der Waals surface area contributed by atoms with Crippen molar-refractivity contribution < 1.29 is 9.53 Å². The third-order valence-corrected chi connectivity index (χ3v) is 5.48. The Kier molecular flexibility index (Phi) is 5.57. The van der Waals surface area contributed by atoms with Crippen molar-refractivity contribution in [2.45, 2.75) is 18.8 Å². The monoisotopic (exact) mass is 426 g/mol. The molecule has 4 aromatic rings. The molecule has 1 amide bonds. The quantitative estimate of drug-likeness (QED) is 0.517. The van der Waals surface area contributed by atoms with Gasteiger partial charge >= 0.3 is 0 Å². The van der Waals surface area contributed by atoms with Crippen LogP contribution in [0.1, 0.15) is 34.9 Å². The van der Waals surface area contributed by atoms with Crippen molar-refractivity contribution in [1.29, 1.82) is 0 Å². The molecule has 1 aliphatic rings. The van der Waals surface area contributed by atoms with Gasteiger partial charge in [0.1, 0.15) is 17.1 Å². The van der Waals surface area contributed by atoms with Crippen LogP contribution in [0.5, 0.6) is 11.6 Å². The van der Waals surface area contributed by atoms with Gasteiger partial charge in [0.25, 0.3) is 5.91 Å². The Morgan fingerprint density at radius 2 is 1.94 bits per heavy atom. The summed E-state index contributed by atoms with van der Waals surface area (Å²) in [5.41, 5.74) is 1.39. The van der Waals surface area contributed by atoms with Crippen LogP contribution in [-0.4, -0.2) is 49.0 Å². The maximum absolute atomic E-state index is 13.4. The number of ether oxygens (including phenoxy) is 1. The number of rotatable bonds is 5. The van der Waals surface area contributed by atoms with Gasteiger partial charge in [-0.15, -0.1) is 0 Å². The molecule has 0 saturated carbocycles. The summed E-state index contributed by atoms with van der Waals surface area (Å²) in [6.45, 7) is 1.24. The van der Waals surface area contributed by atoms with Crippen molar-refractivity contribution in [3.8, 4) is 23.0 Å². The lowest BCUT2D eigenvalue weighted by molar-refractivity contribution is 0.0701. The molecule has 160 valence electrons. The molecule has 0 bridgehead atoms. The number of pyridine rings is 2. The maximum atomic E-state index is 13.4. The predicted octanol–water partition coefficient (Wildman–Crippen LogP) is 4.07. The average Bonchev–Trinajstić information content (AvgIpc) is 3.36. The fraction of sp³-hybridized carbons (Fsp3) is 0.208. The lowest BCUT2D eigenvalue weighted by Gasteiger charge is -2.32. The van der Waals surface area contributed by atoms with Gasteiger partial charge in [-0.05, 0) is 37.1 Å². The first kappa shape index (κ1) is 19.9. The van der Waals surface area contributed by atoms with E-state index in [9.17, 15) is 4.79 Å². The number of carbonyl (C=O) groups excluding carboxylic acids is 1. The minimum Gasteiger partial charge on any atom is -0.437 e. The third-order valence-electron chi connectivity index (χ3n) is 5.48. The first-order valence-corrected chi connectivity index (χ1v) is 10.6. The lowest BCUT2D eigenvalue weighted by Crippen LogP contribution is -2.39. The Hall–Kier alpha value is -4.07. The minimum absolute atomic E-state index is 0.0945. The fourth-order valence-electron chi connectivity index (χ4n) is 3.88. The second kappa shape index (κ2) is 8.97. The molecule has 8 nitrogen and oxygen atoms in total. The van der Waals surface area contributed by atoms with Crippen molar-refractivity contribution in [2.24, 2.45) is 0 Å². The second-order valence-corrected chi connectivity index (χ2v) is 7.65. The number of amides is 1. The Morgan fingerprint density at radius 1 is 1.06 bits per heavy atom. The Labute approximate surface area is 185 Å². The first-order valence-electron chi connectivity index (χ1n) is 10.6. The van der Waals surface area contributed by atoms with Crippen LogP contribution >= 0.6 is 0 Å². The zero-order valence-corrected chi connectivity index (χ0v) is 17.4. The van der Waals surface area contributed by atoms with Crippen LogP contribution in [0, 0.1) is 0 Å². The van der Waals surface area contributed by atoms with Crippen LogP contribution in [0.15, 0.2) is 73.2 Å². The number of likely N-dealkylation sites (tertiary alicyclic amines) is 1. The summed E-state index contributed by atoms with van der Waals surface area (Å²) in [6, 6.07) is 16.9. The van der Waals surface area contributed by atoms with Crippen molar-refractivity contribution in [1.82, 2.24) is 30.0 Å². The summed E-state index contributed by atoms with van der Waals surface area (Å²) in [5, 5.41) is 7.45. The minimum atomic E-state index is -0.107. The van der Waals surface area contributed by atoms with E-state index < -0.39 is 0 Å². The molecule has 3 aromatic heterocycles. The van der Waals surface area contributed by atoms with Gasteiger partial charge in [-0.25, -0.2) is 9.97 Å². The number of nitrogens with zero attached hydrogens (tertiary/aromatic N) is 5. The van der Waals surface area contributed by atoms with Crippen LogP contribution in [0.25, 0.3) is 11.4 Å². The number of hydrogen-bond donors (Lipinski definition) is 1. The van der Waals surface area contributed by atoms with Gasteiger partial charge in [-0.1, -0.05) is 30.3 Å². The molecule has 8 heteroatoms. The van der Waals surface area contributed by atoms with E-state index in [2.05, 4.69) is 20.2 Å². The van der Waals surface area contributed by atoms with E-state index in [0.717, 1.165) is 24.2 Å². The van der Waals surface area contributed by atoms with Crippen LogP contribution < -0.4 is 4.74 Å². The molecule has 0 spiro atoms. The fourth-order valence-corrected chi connectivity index (χ4v) is 3.88. The van der Waals surface area contributed by atoms with E-state index in [0.29, 0.717) is 30.2 Å². The molecule has 1 aliphatic heterocycles. The van der Waals surface area contributed by atoms with Gasteiger partial charge in [0.15, 0.2) is 5.82 Å². The highest BCUT2D eigenvalue weighted by Crippen LogP contribution is 2.29. The molecule has 0 unspecified atom stereocenters. The molecule has 32 heavy (non-hydrogen) atoms. The van der Waals surface area contributed by atoms with Gasteiger partial charge in [-0.3, -0.25) is 14.9 Å². The lowest BCUT2D eigenvalue weighted by atomic mass is 9.96. The van der Waals surface area contributed by atoms with E-state index >= 15 is 0 Å². The van der Waals surface area contributed by atoms with Crippen molar-refractivity contribution in [2.75, 3.05) is 13.1 Å². The van der Waals surface area contributed by atoms with Gasteiger partial charge in [-0.2, -0.15) is 5.10 Å². The van der Waals surface area contributed by atoms with Crippen molar-refractivity contribution in [3.63, 3.8) is 0 Å². The van der Waals surface area contributed by atoms with E-state index in [1.165, 1.54) is 0 Å². The smallest absolute Gasteiger partial charge is 0.259 e. The molecule has 1 aromatic carbocycles. The Morgan fingerprint density at radius 3 is 2.78 bits per heavy atom. The average molecular weight is 426 g/mol. The number of hydrogen-bond acceptors (Lipinski definition) is 6. The SMILES string of the molecule is O=C(c1cccnc1Oc1cccnc1)N1CCC[C@H](c2nc(-c3ccccc3)n[nH]2)C1. The molecule has 1 atom stereocenters. The molecule has 1 fully saturated rings. The Balaban J connectivity index is 1.33. The van der Waals surface area contributed by atoms with E-state index in [4.69, 9.17) is 9.72 Å². The summed E-state index contributed by atoms with van der Waals surface area (Å²) in [5.74, 6) is 2.27. The maximum Gasteiger partial charge on any atom is 0.259 e. The highest BCUT2D eigenvalue weighted by molar-refractivity contribution is 5.96. The second-order valence-electron chi connectivity index (χ2n) is 7.65. The van der Waals surface area contributed by atoms with E-state index in [1.54, 1.807) is 42.9 Å². The van der Waals surface area contributed by atoms with E-state index in [1.807, 2.05) is 35.2 Å². The largest absolute Gasteiger partial charge is 0.437 e. The van der Waals surface area contributed by atoms with Crippen LogP contribution in [0.4, 0.5) is 0 Å². The van der Waals surface area contributed by atoms with Gasteiger partial charge < -0.3 is 9.64 Å². The summed E-state index contributed by atoms with van der Waals surface area (Å²) in [7, 11) is 0. The molecule has 0 aliphatic carbocycles. The number of H-pyrrole nitrogens is 1. The molecular formula is C24H22N6O2. The van der Waals surface area contributed by atoms with Crippen molar-refractivity contribution >= 4 is 5.91 Å². The van der Waals surface area contributed by atoms with Gasteiger partial charge in [0.05, 0.1) is 6.20 Å². The number of aromatic amines is 1. The topological polar surface area (TPSA) is 96.9 Å².